The average molecular weight is 258 g/mol. The molecule has 0 aromatic carbocycles. The lowest BCUT2D eigenvalue weighted by atomic mass is 9.86. The van der Waals surface area contributed by atoms with Crippen LogP contribution in [0.15, 0.2) is 0 Å². The fourth-order valence-corrected chi connectivity index (χ4v) is 1.93. The Bertz CT molecular complexity index is 273. The van der Waals surface area contributed by atoms with Crippen LogP contribution in [0.25, 0.3) is 0 Å². The Kier molecular flexibility index (Phi) is 6.30. The lowest BCUT2D eigenvalue weighted by molar-refractivity contribution is -0.143. The van der Waals surface area contributed by atoms with Gasteiger partial charge in [0.2, 0.25) is 0 Å². The number of hydrogen-bond acceptors (Lipinski definition) is 3. The van der Waals surface area contributed by atoms with Gasteiger partial charge in [0.25, 0.3) is 0 Å². The van der Waals surface area contributed by atoms with Gasteiger partial charge < -0.3 is 15.7 Å². The van der Waals surface area contributed by atoms with Crippen molar-refractivity contribution in [2.75, 3.05) is 13.6 Å². The summed E-state index contributed by atoms with van der Waals surface area (Å²) in [5.74, 6) is -0.892. The van der Waals surface area contributed by atoms with Crippen LogP contribution in [0.2, 0.25) is 0 Å². The molecule has 0 aliphatic carbocycles. The molecule has 0 radical (unpaired) electrons. The van der Waals surface area contributed by atoms with Crippen LogP contribution in [0.1, 0.15) is 53.9 Å². The van der Waals surface area contributed by atoms with E-state index in [9.17, 15) is 4.79 Å². The Morgan fingerprint density at radius 3 is 2.22 bits per heavy atom. The molecule has 0 aromatic heterocycles. The molecule has 0 rings (SSSR count). The van der Waals surface area contributed by atoms with E-state index in [1.54, 1.807) is 0 Å². The molecule has 0 aliphatic heterocycles. The Morgan fingerprint density at radius 1 is 1.39 bits per heavy atom. The molecule has 0 bridgehead atoms. The molecule has 2 atom stereocenters. The average Bonchev–Trinajstić information content (AvgIpc) is 2.25. The number of hydrogen-bond donors (Lipinski definition) is 2. The molecule has 2 unspecified atom stereocenters. The van der Waals surface area contributed by atoms with Gasteiger partial charge in [-0.25, -0.2) is 0 Å². The third-order valence-corrected chi connectivity index (χ3v) is 4.11. The Hall–Kier alpha value is -0.610. The van der Waals surface area contributed by atoms with Crippen LogP contribution in [0.3, 0.4) is 0 Å². The van der Waals surface area contributed by atoms with E-state index in [0.29, 0.717) is 18.9 Å². The van der Waals surface area contributed by atoms with Gasteiger partial charge in [-0.3, -0.25) is 4.79 Å². The summed E-state index contributed by atoms with van der Waals surface area (Å²) in [7, 11) is 2.08. The highest BCUT2D eigenvalue weighted by molar-refractivity contribution is 5.78. The molecule has 108 valence electrons. The maximum absolute atomic E-state index is 11.1. The van der Waals surface area contributed by atoms with Crippen LogP contribution in [0, 0.1) is 5.41 Å². The number of nitrogens with two attached hydrogens (primary N) is 1. The molecule has 0 fully saturated rings. The number of rotatable bonds is 7. The van der Waals surface area contributed by atoms with E-state index in [1.807, 2.05) is 6.92 Å². The third kappa shape index (κ3) is 4.94. The fourth-order valence-electron chi connectivity index (χ4n) is 1.93. The molecule has 0 aromatic rings. The van der Waals surface area contributed by atoms with Gasteiger partial charge in [0, 0.05) is 6.04 Å². The molecule has 0 heterocycles. The second-order valence-corrected chi connectivity index (χ2v) is 6.44. The van der Waals surface area contributed by atoms with Gasteiger partial charge in [-0.15, -0.1) is 0 Å². The number of carbonyl (C=O) groups is 1. The van der Waals surface area contributed by atoms with Crippen molar-refractivity contribution in [1.82, 2.24) is 4.90 Å². The molecule has 0 amide bonds. The van der Waals surface area contributed by atoms with Crippen LogP contribution < -0.4 is 5.73 Å². The molecule has 4 nitrogen and oxygen atoms in total. The molecule has 0 saturated carbocycles. The van der Waals surface area contributed by atoms with Crippen molar-refractivity contribution in [2.24, 2.45) is 11.1 Å². The largest absolute Gasteiger partial charge is 0.480 e. The highest BCUT2D eigenvalue weighted by Gasteiger charge is 2.31. The first-order chi connectivity index (χ1) is 8.04. The van der Waals surface area contributed by atoms with E-state index in [1.165, 1.54) is 0 Å². The van der Waals surface area contributed by atoms with Crippen molar-refractivity contribution in [3.8, 4) is 0 Å². The first-order valence-corrected chi connectivity index (χ1v) is 6.77. The van der Waals surface area contributed by atoms with Crippen molar-refractivity contribution in [3.05, 3.63) is 0 Å². The van der Waals surface area contributed by atoms with Gasteiger partial charge in [0.15, 0.2) is 0 Å². The Balaban J connectivity index is 4.24. The molecule has 0 spiro atoms. The van der Waals surface area contributed by atoms with E-state index >= 15 is 0 Å². The highest BCUT2D eigenvalue weighted by Crippen LogP contribution is 2.23. The van der Waals surface area contributed by atoms with E-state index < -0.39 is 11.5 Å². The van der Waals surface area contributed by atoms with E-state index in [-0.39, 0.29) is 5.41 Å². The fraction of sp³-hybridized carbons (Fsp3) is 0.929. The highest BCUT2D eigenvalue weighted by atomic mass is 16.4. The lowest BCUT2D eigenvalue weighted by Crippen LogP contribution is -2.48. The quantitative estimate of drug-likeness (QED) is 0.735. The maximum atomic E-state index is 11.1. The van der Waals surface area contributed by atoms with Gasteiger partial charge in [-0.2, -0.15) is 0 Å². The molecule has 4 heteroatoms. The second-order valence-electron chi connectivity index (χ2n) is 6.44. The number of nitrogens with zero attached hydrogens (tertiary/aromatic N) is 1. The zero-order valence-corrected chi connectivity index (χ0v) is 12.8. The first-order valence-electron chi connectivity index (χ1n) is 6.77. The van der Waals surface area contributed by atoms with E-state index in [4.69, 9.17) is 10.8 Å². The summed E-state index contributed by atoms with van der Waals surface area (Å²) < 4.78 is 0. The zero-order valence-electron chi connectivity index (χ0n) is 12.8. The summed E-state index contributed by atoms with van der Waals surface area (Å²) in [5.41, 5.74) is 5.03. The lowest BCUT2D eigenvalue weighted by Gasteiger charge is -2.36. The predicted octanol–water partition coefficient (Wildman–Crippen LogP) is 2.33. The summed E-state index contributed by atoms with van der Waals surface area (Å²) in [4.78, 5) is 13.4. The van der Waals surface area contributed by atoms with Crippen LogP contribution in [0.4, 0.5) is 0 Å². The summed E-state index contributed by atoms with van der Waals surface area (Å²) in [6.45, 7) is 11.5. The molecular weight excluding hydrogens is 228 g/mol. The number of carboxylic acids is 1. The predicted molar refractivity (Wildman–Crippen MR) is 75.6 cm³/mol. The van der Waals surface area contributed by atoms with Gasteiger partial charge in [-0.1, -0.05) is 27.7 Å². The number of aliphatic carboxylic acids is 1. The van der Waals surface area contributed by atoms with Crippen molar-refractivity contribution in [3.63, 3.8) is 0 Å². The summed E-state index contributed by atoms with van der Waals surface area (Å²) in [6, 6.07) is 0.455. The maximum Gasteiger partial charge on any atom is 0.323 e. The summed E-state index contributed by atoms with van der Waals surface area (Å²) >= 11 is 0. The first kappa shape index (κ1) is 17.4. The summed E-state index contributed by atoms with van der Waals surface area (Å²) in [6.07, 6.45) is 1.81. The topological polar surface area (TPSA) is 66.6 Å². The van der Waals surface area contributed by atoms with E-state index in [0.717, 1.165) is 13.0 Å². The summed E-state index contributed by atoms with van der Waals surface area (Å²) in [5, 5.41) is 9.10. The van der Waals surface area contributed by atoms with Crippen LogP contribution >= 0.6 is 0 Å². The molecular formula is C14H30N2O2. The van der Waals surface area contributed by atoms with Gasteiger partial charge in [0.1, 0.15) is 5.54 Å². The minimum absolute atomic E-state index is 0.228. The zero-order chi connectivity index (χ0) is 14.6. The van der Waals surface area contributed by atoms with Gasteiger partial charge in [0.05, 0.1) is 0 Å². The molecule has 0 saturated heterocycles. The SMILES string of the molecule is CCC(N)(CCCN(C)C(C)C(C)(C)C)C(=O)O. The van der Waals surface area contributed by atoms with Crippen LogP contribution in [0.5, 0.6) is 0 Å². The molecule has 0 aliphatic rings. The molecule has 18 heavy (non-hydrogen) atoms. The van der Waals surface area contributed by atoms with Crippen molar-refractivity contribution < 1.29 is 9.90 Å². The standard InChI is InChI=1S/C14H30N2O2/c1-7-14(15,12(17)18)9-8-10-16(6)11(2)13(3,4)5/h11H,7-10,15H2,1-6H3,(H,17,18). The Morgan fingerprint density at radius 2 is 1.89 bits per heavy atom. The number of carboxylic acid groups (broad SMARTS) is 1. The van der Waals surface area contributed by atoms with Crippen LogP contribution in [-0.2, 0) is 4.79 Å². The second kappa shape index (κ2) is 6.53. The normalized spacial score (nSPS) is 17.6. The van der Waals surface area contributed by atoms with Crippen LogP contribution in [-0.4, -0.2) is 41.1 Å². The van der Waals surface area contributed by atoms with Crippen molar-refractivity contribution in [1.29, 1.82) is 0 Å². The Labute approximate surface area is 112 Å². The van der Waals surface area contributed by atoms with E-state index in [2.05, 4.69) is 39.6 Å². The van der Waals surface area contributed by atoms with Crippen molar-refractivity contribution >= 4 is 5.97 Å². The monoisotopic (exact) mass is 258 g/mol. The third-order valence-electron chi connectivity index (χ3n) is 4.11. The van der Waals surface area contributed by atoms with Gasteiger partial charge >= 0.3 is 5.97 Å². The van der Waals surface area contributed by atoms with Gasteiger partial charge in [-0.05, 0) is 45.2 Å². The smallest absolute Gasteiger partial charge is 0.323 e. The van der Waals surface area contributed by atoms with Crippen molar-refractivity contribution in [2.45, 2.75) is 65.5 Å². The molecule has 3 N–H and O–H groups in total. The minimum Gasteiger partial charge on any atom is -0.480 e. The minimum atomic E-state index is -1.06.